The summed E-state index contributed by atoms with van der Waals surface area (Å²) < 4.78 is 5.32. The van der Waals surface area contributed by atoms with Gasteiger partial charge in [0.15, 0.2) is 0 Å². The number of pyridine rings is 1. The molecule has 1 aliphatic heterocycles. The Morgan fingerprint density at radius 1 is 1.19 bits per heavy atom. The average molecular weight is 434 g/mol. The molecule has 1 atom stereocenters. The Kier molecular flexibility index (Phi) is 6.89. The minimum atomic E-state index is -0.211. The Bertz CT molecular complexity index is 1040. The Labute approximate surface area is 187 Å². The Hall–Kier alpha value is -3.55. The summed E-state index contributed by atoms with van der Waals surface area (Å²) in [6, 6.07) is 13.8. The first kappa shape index (κ1) is 21.7. The number of hydrogen-bond donors (Lipinski definition) is 0. The normalized spacial score (nSPS) is 16.2. The van der Waals surface area contributed by atoms with Gasteiger partial charge in [-0.05, 0) is 37.0 Å². The molecule has 3 aromatic rings. The maximum atomic E-state index is 13.0. The minimum absolute atomic E-state index is 0.00535. The zero-order valence-corrected chi connectivity index (χ0v) is 18.2. The molecule has 1 aromatic carbocycles. The molecule has 32 heavy (non-hydrogen) atoms. The molecule has 1 fully saturated rings. The van der Waals surface area contributed by atoms with Crippen molar-refractivity contribution in [1.82, 2.24) is 24.9 Å². The van der Waals surface area contributed by atoms with Crippen LogP contribution in [0.2, 0.25) is 0 Å². The third kappa shape index (κ3) is 5.38. The summed E-state index contributed by atoms with van der Waals surface area (Å²) in [7, 11) is 1.73. The molecule has 1 unspecified atom stereocenters. The van der Waals surface area contributed by atoms with Gasteiger partial charge in [0, 0.05) is 44.5 Å². The molecule has 8 nitrogen and oxygen atoms in total. The van der Waals surface area contributed by atoms with Crippen LogP contribution in [0.4, 0.5) is 0 Å². The van der Waals surface area contributed by atoms with Crippen molar-refractivity contribution in [3.63, 3.8) is 0 Å². The highest BCUT2D eigenvalue weighted by molar-refractivity contribution is 5.83. The molecule has 8 heteroatoms. The number of hydrogen-bond acceptors (Lipinski definition) is 6. The van der Waals surface area contributed by atoms with Crippen molar-refractivity contribution in [3.05, 3.63) is 66.3 Å². The number of benzene rings is 1. The van der Waals surface area contributed by atoms with Crippen LogP contribution < -0.4 is 0 Å². The third-order valence-corrected chi connectivity index (χ3v) is 5.74. The molecule has 0 bridgehead atoms. The summed E-state index contributed by atoms with van der Waals surface area (Å²) >= 11 is 0. The van der Waals surface area contributed by atoms with Crippen molar-refractivity contribution in [2.24, 2.45) is 5.92 Å². The Balaban J connectivity index is 1.30. The fraction of sp³-hybridized carbons (Fsp3) is 0.375. The van der Waals surface area contributed by atoms with E-state index in [4.69, 9.17) is 4.52 Å². The summed E-state index contributed by atoms with van der Waals surface area (Å²) in [5.74, 6) is 0.755. The SMILES string of the molecule is CN(Cc1nc(-c2ccncc2)no1)C(=O)C1CCC(=O)N(CCCc2ccccc2)C1. The predicted molar refractivity (Wildman–Crippen MR) is 118 cm³/mol. The van der Waals surface area contributed by atoms with Crippen LogP contribution in [0, 0.1) is 5.92 Å². The zero-order valence-electron chi connectivity index (χ0n) is 18.2. The number of nitrogens with zero attached hydrogens (tertiary/aromatic N) is 5. The second-order valence-electron chi connectivity index (χ2n) is 8.11. The fourth-order valence-corrected chi connectivity index (χ4v) is 3.98. The second kappa shape index (κ2) is 10.2. The molecule has 0 N–H and O–H groups in total. The lowest BCUT2D eigenvalue weighted by Gasteiger charge is -2.33. The van der Waals surface area contributed by atoms with Gasteiger partial charge >= 0.3 is 0 Å². The highest BCUT2D eigenvalue weighted by Crippen LogP contribution is 2.21. The number of aryl methyl sites for hydroxylation is 1. The summed E-state index contributed by atoms with van der Waals surface area (Å²) in [4.78, 5) is 37.2. The standard InChI is InChI=1S/C24H27N5O3/c1-28(17-21-26-23(27-32-21)19-11-13-25-14-12-19)24(31)20-9-10-22(30)29(16-20)15-5-8-18-6-3-2-4-7-18/h2-4,6-7,11-14,20H,5,8-10,15-17H2,1H3. The average Bonchev–Trinajstić information content (AvgIpc) is 3.29. The fourth-order valence-electron chi connectivity index (χ4n) is 3.98. The van der Waals surface area contributed by atoms with Crippen LogP contribution in [0.25, 0.3) is 11.4 Å². The maximum Gasteiger partial charge on any atom is 0.246 e. The van der Waals surface area contributed by atoms with Gasteiger partial charge in [-0.15, -0.1) is 0 Å². The number of piperidine rings is 1. The predicted octanol–water partition coefficient (Wildman–Crippen LogP) is 2.96. The van der Waals surface area contributed by atoms with Crippen LogP contribution in [0.3, 0.4) is 0 Å². The molecule has 1 aliphatic rings. The lowest BCUT2D eigenvalue weighted by atomic mass is 9.95. The number of amides is 2. The van der Waals surface area contributed by atoms with Crippen LogP contribution in [-0.4, -0.2) is 56.9 Å². The molecule has 1 saturated heterocycles. The monoisotopic (exact) mass is 433 g/mol. The van der Waals surface area contributed by atoms with E-state index in [-0.39, 0.29) is 24.3 Å². The topological polar surface area (TPSA) is 92.4 Å². The number of carbonyl (C=O) groups is 2. The van der Waals surface area contributed by atoms with Crippen LogP contribution in [0.1, 0.15) is 30.7 Å². The van der Waals surface area contributed by atoms with Crippen LogP contribution in [-0.2, 0) is 22.6 Å². The molecule has 0 saturated carbocycles. The molecule has 4 rings (SSSR count). The summed E-state index contributed by atoms with van der Waals surface area (Å²) in [6.45, 7) is 1.36. The van der Waals surface area contributed by atoms with Gasteiger partial charge in [0.05, 0.1) is 12.5 Å². The second-order valence-corrected chi connectivity index (χ2v) is 8.11. The summed E-state index contributed by atoms with van der Waals surface area (Å²) in [6.07, 6.45) is 6.10. The smallest absolute Gasteiger partial charge is 0.246 e. The molecule has 0 radical (unpaired) electrons. The van der Waals surface area contributed by atoms with Gasteiger partial charge in [-0.25, -0.2) is 0 Å². The van der Waals surface area contributed by atoms with E-state index < -0.39 is 0 Å². The minimum Gasteiger partial charge on any atom is -0.342 e. The Morgan fingerprint density at radius 3 is 2.75 bits per heavy atom. The van der Waals surface area contributed by atoms with Gasteiger partial charge in [-0.3, -0.25) is 14.6 Å². The van der Waals surface area contributed by atoms with E-state index in [1.807, 2.05) is 23.1 Å². The molecule has 2 amide bonds. The molecule has 0 aliphatic carbocycles. The first-order chi connectivity index (χ1) is 15.6. The molecule has 166 valence electrons. The van der Waals surface area contributed by atoms with Gasteiger partial charge in [0.2, 0.25) is 23.5 Å². The van der Waals surface area contributed by atoms with Crippen molar-refractivity contribution in [1.29, 1.82) is 0 Å². The molecule has 2 aromatic heterocycles. The lowest BCUT2D eigenvalue weighted by molar-refractivity contribution is -0.142. The van der Waals surface area contributed by atoms with Gasteiger partial charge in [0.25, 0.3) is 0 Å². The van der Waals surface area contributed by atoms with Crippen LogP contribution >= 0.6 is 0 Å². The van der Waals surface area contributed by atoms with Crippen molar-refractivity contribution in [3.8, 4) is 11.4 Å². The first-order valence-electron chi connectivity index (χ1n) is 10.9. The summed E-state index contributed by atoms with van der Waals surface area (Å²) in [5.41, 5.74) is 2.07. The maximum absolute atomic E-state index is 13.0. The van der Waals surface area contributed by atoms with Gasteiger partial charge < -0.3 is 14.3 Å². The van der Waals surface area contributed by atoms with E-state index in [1.54, 1.807) is 36.5 Å². The molecule has 0 spiro atoms. The van der Waals surface area contributed by atoms with E-state index in [1.165, 1.54) is 5.56 Å². The third-order valence-electron chi connectivity index (χ3n) is 5.74. The number of rotatable bonds is 8. The highest BCUT2D eigenvalue weighted by Gasteiger charge is 2.32. The van der Waals surface area contributed by atoms with Crippen LogP contribution in [0.5, 0.6) is 0 Å². The van der Waals surface area contributed by atoms with E-state index in [0.717, 1.165) is 18.4 Å². The number of likely N-dealkylation sites (tertiary alicyclic amines) is 1. The molecular weight excluding hydrogens is 406 g/mol. The zero-order chi connectivity index (χ0) is 22.3. The first-order valence-corrected chi connectivity index (χ1v) is 10.9. The number of carbonyl (C=O) groups excluding carboxylic acids is 2. The van der Waals surface area contributed by atoms with E-state index in [2.05, 4.69) is 27.3 Å². The van der Waals surface area contributed by atoms with E-state index in [9.17, 15) is 9.59 Å². The highest BCUT2D eigenvalue weighted by atomic mass is 16.5. The van der Waals surface area contributed by atoms with Crippen LogP contribution in [0.15, 0.2) is 59.4 Å². The largest absolute Gasteiger partial charge is 0.342 e. The van der Waals surface area contributed by atoms with Crippen molar-refractivity contribution in [2.75, 3.05) is 20.1 Å². The van der Waals surface area contributed by atoms with Crippen molar-refractivity contribution >= 4 is 11.8 Å². The van der Waals surface area contributed by atoms with Crippen molar-refractivity contribution < 1.29 is 14.1 Å². The van der Waals surface area contributed by atoms with Gasteiger partial charge in [0.1, 0.15) is 0 Å². The van der Waals surface area contributed by atoms with E-state index >= 15 is 0 Å². The van der Waals surface area contributed by atoms with Gasteiger partial charge in [-0.1, -0.05) is 35.5 Å². The molecule has 3 heterocycles. The van der Waals surface area contributed by atoms with E-state index in [0.29, 0.717) is 37.6 Å². The van der Waals surface area contributed by atoms with Crippen molar-refractivity contribution in [2.45, 2.75) is 32.2 Å². The lowest BCUT2D eigenvalue weighted by Crippen LogP contribution is -2.46. The van der Waals surface area contributed by atoms with Gasteiger partial charge in [-0.2, -0.15) is 4.98 Å². The molecular formula is C24H27N5O3. The quantitative estimate of drug-likeness (QED) is 0.542. The number of aromatic nitrogens is 3. The Morgan fingerprint density at radius 2 is 1.97 bits per heavy atom. The summed E-state index contributed by atoms with van der Waals surface area (Å²) in [5, 5.41) is 3.99.